The summed E-state index contributed by atoms with van der Waals surface area (Å²) in [6, 6.07) is 0. The molecule has 1 unspecified atom stereocenters. The van der Waals surface area contributed by atoms with E-state index < -0.39 is 0 Å². The van der Waals surface area contributed by atoms with Gasteiger partial charge in [0.05, 0.1) is 0 Å². The van der Waals surface area contributed by atoms with E-state index in [0.717, 1.165) is 25.7 Å². The van der Waals surface area contributed by atoms with Gasteiger partial charge in [0.1, 0.15) is 0 Å². The largest absolute Gasteiger partial charge is 0.352 e. The molecule has 1 rings (SSSR count). The SMILES string of the molecule is C/C1=C/C(C)CC/C=C/CCCCC(=O)NC1. The molecular weight excluding hydrogens is 210 g/mol. The zero-order valence-corrected chi connectivity index (χ0v) is 11.2. The van der Waals surface area contributed by atoms with Crippen molar-refractivity contribution < 1.29 is 4.79 Å². The molecule has 0 radical (unpaired) electrons. The van der Waals surface area contributed by atoms with Gasteiger partial charge in [0.25, 0.3) is 0 Å². The molecule has 2 heteroatoms. The van der Waals surface area contributed by atoms with Crippen LogP contribution in [0.2, 0.25) is 0 Å². The van der Waals surface area contributed by atoms with Gasteiger partial charge in [-0.3, -0.25) is 4.79 Å². The molecule has 1 aliphatic heterocycles. The van der Waals surface area contributed by atoms with Crippen molar-refractivity contribution in [3.63, 3.8) is 0 Å². The predicted molar refractivity (Wildman–Crippen MR) is 72.8 cm³/mol. The summed E-state index contributed by atoms with van der Waals surface area (Å²) < 4.78 is 0. The van der Waals surface area contributed by atoms with Gasteiger partial charge in [0.2, 0.25) is 5.91 Å². The number of carbonyl (C=O) groups is 1. The van der Waals surface area contributed by atoms with Crippen molar-refractivity contribution in [1.82, 2.24) is 5.32 Å². The highest BCUT2D eigenvalue weighted by Gasteiger charge is 2.03. The van der Waals surface area contributed by atoms with Gasteiger partial charge in [-0.15, -0.1) is 0 Å². The molecule has 0 fully saturated rings. The monoisotopic (exact) mass is 235 g/mol. The van der Waals surface area contributed by atoms with Crippen molar-refractivity contribution in [2.45, 2.75) is 52.4 Å². The first-order valence-corrected chi connectivity index (χ1v) is 6.77. The number of allylic oxidation sites excluding steroid dienone is 3. The van der Waals surface area contributed by atoms with Gasteiger partial charge in [-0.25, -0.2) is 0 Å². The molecule has 0 aromatic carbocycles. The van der Waals surface area contributed by atoms with E-state index in [-0.39, 0.29) is 5.91 Å². The Balaban J connectivity index is 2.51. The van der Waals surface area contributed by atoms with Crippen molar-refractivity contribution in [1.29, 1.82) is 0 Å². The van der Waals surface area contributed by atoms with E-state index in [1.54, 1.807) is 0 Å². The molecule has 0 spiro atoms. The second-order valence-electron chi connectivity index (χ2n) is 5.06. The van der Waals surface area contributed by atoms with Crippen molar-refractivity contribution in [3.05, 3.63) is 23.8 Å². The van der Waals surface area contributed by atoms with Crippen LogP contribution in [-0.4, -0.2) is 12.5 Å². The third-order valence-electron chi connectivity index (χ3n) is 3.11. The van der Waals surface area contributed by atoms with E-state index >= 15 is 0 Å². The Hall–Kier alpha value is -1.05. The first-order chi connectivity index (χ1) is 8.18. The first kappa shape index (κ1) is 14.0. The van der Waals surface area contributed by atoms with E-state index in [0.29, 0.717) is 18.9 Å². The molecule has 1 amide bonds. The van der Waals surface area contributed by atoms with Gasteiger partial charge < -0.3 is 5.32 Å². The average molecular weight is 235 g/mol. The Labute approximate surface area is 105 Å². The van der Waals surface area contributed by atoms with Crippen molar-refractivity contribution in [3.8, 4) is 0 Å². The lowest BCUT2D eigenvalue weighted by molar-refractivity contribution is -0.121. The van der Waals surface area contributed by atoms with Crippen LogP contribution in [0.15, 0.2) is 23.8 Å². The molecule has 1 heterocycles. The maximum Gasteiger partial charge on any atom is 0.220 e. The lowest BCUT2D eigenvalue weighted by Crippen LogP contribution is -2.24. The smallest absolute Gasteiger partial charge is 0.220 e. The molecular formula is C15H25NO. The summed E-state index contributed by atoms with van der Waals surface area (Å²) >= 11 is 0. The van der Waals surface area contributed by atoms with Crippen LogP contribution in [-0.2, 0) is 4.79 Å². The Bertz CT molecular complexity index is 291. The van der Waals surface area contributed by atoms with E-state index in [4.69, 9.17) is 0 Å². The van der Waals surface area contributed by atoms with Gasteiger partial charge >= 0.3 is 0 Å². The number of hydrogen-bond donors (Lipinski definition) is 1. The fourth-order valence-electron chi connectivity index (χ4n) is 2.10. The first-order valence-electron chi connectivity index (χ1n) is 6.77. The Kier molecular flexibility index (Phi) is 6.68. The summed E-state index contributed by atoms with van der Waals surface area (Å²) in [7, 11) is 0. The van der Waals surface area contributed by atoms with Crippen LogP contribution in [0.1, 0.15) is 52.4 Å². The predicted octanol–water partition coefficient (Wildman–Crippen LogP) is 3.60. The van der Waals surface area contributed by atoms with Crippen LogP contribution in [0.4, 0.5) is 0 Å². The van der Waals surface area contributed by atoms with E-state index in [2.05, 4.69) is 37.4 Å². The normalized spacial score (nSPS) is 29.6. The summed E-state index contributed by atoms with van der Waals surface area (Å²) in [6.07, 6.45) is 13.1. The van der Waals surface area contributed by atoms with Crippen LogP contribution < -0.4 is 5.32 Å². The van der Waals surface area contributed by atoms with Crippen LogP contribution in [0.25, 0.3) is 0 Å². The second-order valence-corrected chi connectivity index (χ2v) is 5.06. The van der Waals surface area contributed by atoms with Crippen molar-refractivity contribution in [2.75, 3.05) is 6.54 Å². The third-order valence-corrected chi connectivity index (χ3v) is 3.11. The van der Waals surface area contributed by atoms with Gasteiger partial charge in [-0.05, 0) is 44.9 Å². The second kappa shape index (κ2) is 8.10. The number of carbonyl (C=O) groups excluding carboxylic acids is 1. The van der Waals surface area contributed by atoms with Crippen LogP contribution >= 0.6 is 0 Å². The highest BCUT2D eigenvalue weighted by molar-refractivity contribution is 5.76. The average Bonchev–Trinajstić information content (AvgIpc) is 2.29. The minimum absolute atomic E-state index is 0.187. The minimum Gasteiger partial charge on any atom is -0.352 e. The molecule has 0 aliphatic carbocycles. The fourth-order valence-corrected chi connectivity index (χ4v) is 2.10. The van der Waals surface area contributed by atoms with Crippen molar-refractivity contribution >= 4 is 5.91 Å². The Morgan fingerprint density at radius 1 is 1.24 bits per heavy atom. The van der Waals surface area contributed by atoms with Gasteiger partial charge in [0.15, 0.2) is 0 Å². The number of rotatable bonds is 0. The topological polar surface area (TPSA) is 29.1 Å². The highest BCUT2D eigenvalue weighted by Crippen LogP contribution is 2.11. The molecule has 0 bridgehead atoms. The lowest BCUT2D eigenvalue weighted by Gasteiger charge is -2.09. The molecule has 1 N–H and O–H groups in total. The van der Waals surface area contributed by atoms with E-state index in [1.165, 1.54) is 12.0 Å². The molecule has 0 aromatic rings. The molecule has 0 saturated carbocycles. The molecule has 0 aromatic heterocycles. The maximum absolute atomic E-state index is 11.5. The van der Waals surface area contributed by atoms with Crippen LogP contribution in [0.3, 0.4) is 0 Å². The summed E-state index contributed by atoms with van der Waals surface area (Å²) in [4.78, 5) is 11.5. The van der Waals surface area contributed by atoms with Crippen molar-refractivity contribution in [2.24, 2.45) is 5.92 Å². The van der Waals surface area contributed by atoms with Gasteiger partial charge in [0, 0.05) is 13.0 Å². The fraction of sp³-hybridized carbons (Fsp3) is 0.667. The maximum atomic E-state index is 11.5. The molecule has 2 nitrogen and oxygen atoms in total. The zero-order valence-electron chi connectivity index (χ0n) is 11.2. The minimum atomic E-state index is 0.187. The lowest BCUT2D eigenvalue weighted by atomic mass is 10.0. The summed E-state index contributed by atoms with van der Waals surface area (Å²) in [5.41, 5.74) is 1.27. The molecule has 1 atom stereocenters. The number of nitrogens with one attached hydrogen (secondary N) is 1. The zero-order chi connectivity index (χ0) is 12.5. The molecule has 1 aliphatic rings. The Morgan fingerprint density at radius 2 is 2.00 bits per heavy atom. The van der Waals surface area contributed by atoms with Gasteiger partial charge in [-0.2, -0.15) is 0 Å². The quantitative estimate of drug-likeness (QED) is 0.639. The molecule has 96 valence electrons. The van der Waals surface area contributed by atoms with Crippen LogP contribution in [0.5, 0.6) is 0 Å². The summed E-state index contributed by atoms with van der Waals surface area (Å²) in [5.74, 6) is 0.783. The van der Waals surface area contributed by atoms with E-state index in [9.17, 15) is 4.79 Å². The standard InChI is InChI=1S/C15H25NO/c1-13-9-7-5-3-4-6-8-10-15(17)16-12-14(2)11-13/h3,5,11,13H,4,6-10,12H2,1-2H3,(H,16,17)/b5-3+,14-11-. The highest BCUT2D eigenvalue weighted by atomic mass is 16.1. The summed E-state index contributed by atoms with van der Waals surface area (Å²) in [5, 5.41) is 2.98. The number of hydrogen-bond acceptors (Lipinski definition) is 1. The Morgan fingerprint density at radius 3 is 2.82 bits per heavy atom. The van der Waals surface area contributed by atoms with Crippen LogP contribution in [0, 0.1) is 5.92 Å². The number of amides is 1. The third kappa shape index (κ3) is 6.98. The molecule has 0 saturated heterocycles. The molecule has 17 heavy (non-hydrogen) atoms. The summed E-state index contributed by atoms with van der Waals surface area (Å²) in [6.45, 7) is 5.04. The van der Waals surface area contributed by atoms with Gasteiger partial charge in [-0.1, -0.05) is 30.7 Å². The van der Waals surface area contributed by atoms with E-state index in [1.807, 2.05) is 0 Å².